The molecule has 1 N–H and O–H groups in total. The molecule has 0 atom stereocenters. The van der Waals surface area contributed by atoms with Crippen LogP contribution in [0.25, 0.3) is 0 Å². The number of hydrogen-bond acceptors (Lipinski definition) is 5. The van der Waals surface area contributed by atoms with Gasteiger partial charge in [-0.2, -0.15) is 31.2 Å². The molecule has 1 aromatic carbocycles. The minimum absolute atomic E-state index is 0.521. The molecule has 1 rings (SSSR count). The van der Waals surface area contributed by atoms with Crippen LogP contribution in [-0.4, -0.2) is 31.9 Å². The molecular weight excluding hydrogens is 418 g/mol. The van der Waals surface area contributed by atoms with Gasteiger partial charge in [-0.25, -0.2) is 26.0 Å². The van der Waals surface area contributed by atoms with Crippen LogP contribution in [0.2, 0.25) is 0 Å². The zero-order valence-corrected chi connectivity index (χ0v) is 12.5. The van der Waals surface area contributed by atoms with Gasteiger partial charge in [-0.05, 0) is 0 Å². The standard InChI is InChI=1S/C9HF8NO5S2/c10-3-2(1-18)4(11)6(13)7(5(3)12)24(19,20)8(14,15)9(16,17)25(21,22)23/h(H,21,22,23). The second-order valence-corrected chi connectivity index (χ2v) is 7.47. The Balaban J connectivity index is 4.00. The largest absolute Gasteiger partial charge is 0.447 e. The maximum absolute atomic E-state index is 13.5. The monoisotopic (exact) mass is 419 g/mol. The number of alkyl halides is 4. The Labute approximate surface area is 132 Å². The summed E-state index contributed by atoms with van der Waals surface area (Å²) < 4.78 is 158. The second-order valence-electron chi connectivity index (χ2n) is 4.08. The highest BCUT2D eigenvalue weighted by Crippen LogP contribution is 2.46. The highest BCUT2D eigenvalue weighted by molar-refractivity contribution is 7.94. The minimum atomic E-state index is -7.47. The lowest BCUT2D eigenvalue weighted by atomic mass is 10.2. The third-order valence-corrected chi connectivity index (χ3v) is 5.46. The number of nitriles is 1. The Bertz CT molecular complexity index is 967. The summed E-state index contributed by atoms with van der Waals surface area (Å²) in [6, 6.07) is 0.521. The van der Waals surface area contributed by atoms with Crippen LogP contribution in [0.3, 0.4) is 0 Å². The molecule has 16 heteroatoms. The summed E-state index contributed by atoms with van der Waals surface area (Å²) in [7, 11) is -14.6. The number of sulfone groups is 1. The van der Waals surface area contributed by atoms with E-state index in [1.54, 1.807) is 0 Å². The molecule has 0 aliphatic heterocycles. The molecule has 0 saturated heterocycles. The van der Waals surface area contributed by atoms with E-state index in [9.17, 15) is 52.0 Å². The number of halogens is 8. The Morgan fingerprint density at radius 1 is 0.800 bits per heavy atom. The third-order valence-electron chi connectivity index (χ3n) is 2.60. The smallest absolute Gasteiger partial charge is 0.281 e. The molecule has 0 fully saturated rings. The molecule has 140 valence electrons. The zero-order valence-electron chi connectivity index (χ0n) is 10.9. The summed E-state index contributed by atoms with van der Waals surface area (Å²) in [5.41, 5.74) is -2.10. The number of hydrogen-bond donors (Lipinski definition) is 1. The summed E-state index contributed by atoms with van der Waals surface area (Å²) in [6.45, 7) is 0. The summed E-state index contributed by atoms with van der Waals surface area (Å²) in [5, 5.41) is -5.56. The molecule has 0 aliphatic carbocycles. The zero-order chi connectivity index (χ0) is 20.2. The Morgan fingerprint density at radius 3 is 1.44 bits per heavy atom. The normalized spacial score (nSPS) is 13.6. The molecule has 0 amide bonds. The average Bonchev–Trinajstić information content (AvgIpc) is 2.44. The van der Waals surface area contributed by atoms with Crippen LogP contribution < -0.4 is 0 Å². The number of nitrogens with zero attached hydrogens (tertiary/aromatic N) is 1. The van der Waals surface area contributed by atoms with Crippen LogP contribution >= 0.6 is 0 Å². The van der Waals surface area contributed by atoms with Crippen LogP contribution in [-0.2, 0) is 20.0 Å². The van der Waals surface area contributed by atoms with Crippen LogP contribution in [0.5, 0.6) is 0 Å². The predicted molar refractivity (Wildman–Crippen MR) is 59.6 cm³/mol. The first-order chi connectivity index (χ1) is 11.0. The highest BCUT2D eigenvalue weighted by Gasteiger charge is 2.74. The van der Waals surface area contributed by atoms with Crippen molar-refractivity contribution >= 4 is 20.0 Å². The molecule has 0 saturated carbocycles. The lowest BCUT2D eigenvalue weighted by Crippen LogP contribution is -2.52. The summed E-state index contributed by atoms with van der Waals surface area (Å²) in [5.74, 6) is -12.0. The molecule has 0 bridgehead atoms. The summed E-state index contributed by atoms with van der Waals surface area (Å²) in [4.78, 5) is -3.30. The van der Waals surface area contributed by atoms with Crippen molar-refractivity contribution in [1.29, 1.82) is 5.26 Å². The van der Waals surface area contributed by atoms with Gasteiger partial charge in [0.2, 0.25) is 0 Å². The van der Waals surface area contributed by atoms with E-state index in [-0.39, 0.29) is 0 Å². The van der Waals surface area contributed by atoms with E-state index >= 15 is 0 Å². The fraction of sp³-hybridized carbons (Fsp3) is 0.222. The highest BCUT2D eigenvalue weighted by atomic mass is 32.2. The first-order valence-electron chi connectivity index (χ1n) is 5.20. The molecule has 6 nitrogen and oxygen atoms in total. The van der Waals surface area contributed by atoms with Gasteiger partial charge in [0, 0.05) is 0 Å². The fourth-order valence-electron chi connectivity index (χ4n) is 1.38. The summed E-state index contributed by atoms with van der Waals surface area (Å²) in [6.07, 6.45) is 0. The van der Waals surface area contributed by atoms with Gasteiger partial charge >= 0.3 is 20.6 Å². The molecule has 25 heavy (non-hydrogen) atoms. The quantitative estimate of drug-likeness (QED) is 0.454. The first kappa shape index (κ1) is 21.1. The number of benzene rings is 1. The summed E-state index contributed by atoms with van der Waals surface area (Å²) >= 11 is 0. The van der Waals surface area contributed by atoms with Crippen molar-refractivity contribution in [2.75, 3.05) is 0 Å². The van der Waals surface area contributed by atoms with Gasteiger partial charge in [0.25, 0.3) is 9.84 Å². The average molecular weight is 419 g/mol. The molecule has 1 aromatic rings. The van der Waals surface area contributed by atoms with Crippen molar-refractivity contribution in [3.05, 3.63) is 28.8 Å². The maximum Gasteiger partial charge on any atom is 0.447 e. The molecular formula is C9HF8NO5S2. The molecule has 0 aliphatic rings. The van der Waals surface area contributed by atoms with Gasteiger partial charge in [0.1, 0.15) is 11.6 Å². The van der Waals surface area contributed by atoms with E-state index < -0.39 is 64.2 Å². The van der Waals surface area contributed by atoms with Gasteiger partial charge in [-0.3, -0.25) is 4.55 Å². The molecule has 0 unspecified atom stereocenters. The van der Waals surface area contributed by atoms with Gasteiger partial charge in [0.05, 0.1) is 0 Å². The van der Waals surface area contributed by atoms with E-state index in [0.717, 1.165) is 0 Å². The maximum atomic E-state index is 13.5. The number of rotatable bonds is 4. The lowest BCUT2D eigenvalue weighted by molar-refractivity contribution is -0.101. The predicted octanol–water partition coefficient (Wildman–Crippen LogP) is 1.96. The van der Waals surface area contributed by atoms with Crippen LogP contribution in [0.4, 0.5) is 35.1 Å². The van der Waals surface area contributed by atoms with Gasteiger partial charge in [0.15, 0.2) is 28.2 Å². The van der Waals surface area contributed by atoms with Crippen molar-refractivity contribution in [3.8, 4) is 6.07 Å². The van der Waals surface area contributed by atoms with Gasteiger partial charge < -0.3 is 0 Å². The topological polar surface area (TPSA) is 112 Å². The minimum Gasteiger partial charge on any atom is -0.281 e. The van der Waals surface area contributed by atoms with Crippen molar-refractivity contribution in [2.45, 2.75) is 15.4 Å². The molecule has 0 aromatic heterocycles. The van der Waals surface area contributed by atoms with Crippen LogP contribution in [0, 0.1) is 34.6 Å². The van der Waals surface area contributed by atoms with E-state index in [2.05, 4.69) is 0 Å². The van der Waals surface area contributed by atoms with E-state index in [1.165, 1.54) is 0 Å². The Hall–Kier alpha value is -1.99. The van der Waals surface area contributed by atoms with Crippen molar-refractivity contribution in [2.24, 2.45) is 0 Å². The Morgan fingerprint density at radius 2 is 1.16 bits per heavy atom. The SMILES string of the molecule is N#Cc1c(F)c(F)c(S(=O)(=O)C(F)(F)C(F)(F)S(=O)(=O)O)c(F)c1F. The molecule has 0 spiro atoms. The van der Waals surface area contributed by atoms with Gasteiger partial charge in [-0.15, -0.1) is 0 Å². The Kier molecular flexibility index (Phi) is 4.86. The van der Waals surface area contributed by atoms with Gasteiger partial charge in [-0.1, -0.05) is 0 Å². The van der Waals surface area contributed by atoms with E-state index in [1.807, 2.05) is 0 Å². The second kappa shape index (κ2) is 5.78. The fourth-order valence-corrected chi connectivity index (χ4v) is 3.55. The van der Waals surface area contributed by atoms with Crippen molar-refractivity contribution in [3.63, 3.8) is 0 Å². The molecule has 0 radical (unpaired) electrons. The first-order valence-corrected chi connectivity index (χ1v) is 8.12. The lowest BCUT2D eigenvalue weighted by Gasteiger charge is -2.24. The van der Waals surface area contributed by atoms with Crippen molar-refractivity contribution < 1.29 is 56.5 Å². The van der Waals surface area contributed by atoms with Crippen molar-refractivity contribution in [1.82, 2.24) is 0 Å². The van der Waals surface area contributed by atoms with Crippen LogP contribution in [0.1, 0.15) is 5.56 Å². The van der Waals surface area contributed by atoms with E-state index in [0.29, 0.717) is 6.07 Å². The molecule has 0 heterocycles. The third kappa shape index (κ3) is 2.71. The van der Waals surface area contributed by atoms with Crippen LogP contribution in [0.15, 0.2) is 4.90 Å². The van der Waals surface area contributed by atoms with E-state index in [4.69, 9.17) is 9.81 Å².